The third-order valence-electron chi connectivity index (χ3n) is 4.91. The van der Waals surface area contributed by atoms with E-state index >= 15 is 0 Å². The number of alkyl halides is 6. The van der Waals surface area contributed by atoms with E-state index in [-0.39, 0.29) is 37.6 Å². The molecule has 14 heteroatoms. The highest BCUT2D eigenvalue weighted by atomic mass is 19.4. The van der Waals surface area contributed by atoms with Crippen LogP contribution < -0.4 is 15.0 Å². The van der Waals surface area contributed by atoms with Crippen molar-refractivity contribution in [3.8, 4) is 5.88 Å². The lowest BCUT2D eigenvalue weighted by Gasteiger charge is -2.34. The van der Waals surface area contributed by atoms with Crippen molar-refractivity contribution >= 4 is 12.0 Å². The number of hydrogen-bond acceptors (Lipinski definition) is 6. The maximum atomic E-state index is 13.1. The Kier molecular flexibility index (Phi) is 7.12. The zero-order valence-corrected chi connectivity index (χ0v) is 17.4. The van der Waals surface area contributed by atoms with Crippen LogP contribution in [0, 0.1) is 0 Å². The van der Waals surface area contributed by atoms with Crippen molar-refractivity contribution in [2.24, 2.45) is 0 Å². The number of nitrogens with one attached hydrogen (secondary N) is 1. The van der Waals surface area contributed by atoms with Gasteiger partial charge in [-0.1, -0.05) is 0 Å². The molecule has 2 aromatic heterocycles. The normalized spacial score (nSPS) is 14.9. The van der Waals surface area contributed by atoms with Crippen molar-refractivity contribution in [1.82, 2.24) is 25.2 Å². The fraction of sp³-hybridized carbons (Fsp3) is 0.474. The molecule has 3 heterocycles. The SMILES string of the molecule is COc1ncc(CCNC(=O)N2CCN(c3ncc(C(F)(F)F)cn3)CC2)cc1C(F)(F)F. The summed E-state index contributed by atoms with van der Waals surface area (Å²) >= 11 is 0. The van der Waals surface area contributed by atoms with Gasteiger partial charge in [0, 0.05) is 51.3 Å². The van der Waals surface area contributed by atoms with E-state index in [9.17, 15) is 31.1 Å². The number of nitrogens with zero attached hydrogens (tertiary/aromatic N) is 5. The van der Waals surface area contributed by atoms with Crippen LogP contribution in [-0.2, 0) is 18.8 Å². The molecule has 1 aliphatic heterocycles. The molecule has 0 aromatic carbocycles. The highest BCUT2D eigenvalue weighted by Gasteiger charge is 2.35. The lowest BCUT2D eigenvalue weighted by atomic mass is 10.1. The first-order chi connectivity index (χ1) is 15.5. The minimum absolute atomic E-state index is 0.0897. The van der Waals surface area contributed by atoms with Gasteiger partial charge in [0.2, 0.25) is 11.8 Å². The van der Waals surface area contributed by atoms with Gasteiger partial charge in [-0.3, -0.25) is 0 Å². The van der Waals surface area contributed by atoms with Crippen LogP contribution in [-0.4, -0.2) is 65.7 Å². The van der Waals surface area contributed by atoms with Gasteiger partial charge in [-0.15, -0.1) is 0 Å². The minimum atomic E-state index is -4.62. The second kappa shape index (κ2) is 9.67. The van der Waals surface area contributed by atoms with Crippen molar-refractivity contribution in [3.63, 3.8) is 0 Å². The van der Waals surface area contributed by atoms with E-state index in [1.165, 1.54) is 11.1 Å². The molecule has 0 saturated carbocycles. The number of urea groups is 1. The Bertz CT molecular complexity index is 959. The molecule has 1 aliphatic rings. The van der Waals surface area contributed by atoms with Crippen LogP contribution in [0.4, 0.5) is 37.1 Å². The molecular formula is C19H20F6N6O2. The molecule has 1 N–H and O–H groups in total. The number of rotatable bonds is 5. The standard InChI is InChI=1S/C19H20F6N6O2/c1-33-15-14(19(23,24)25)8-12(9-27-15)2-3-26-17(32)31-6-4-30(5-7-31)16-28-10-13(11-29-16)18(20,21)22/h8-11H,2-7H2,1H3,(H,26,32). The summed E-state index contributed by atoms with van der Waals surface area (Å²) in [6, 6.07) is 0.529. The summed E-state index contributed by atoms with van der Waals surface area (Å²) < 4.78 is 81.7. The van der Waals surface area contributed by atoms with Gasteiger partial charge < -0.3 is 19.9 Å². The minimum Gasteiger partial charge on any atom is -0.481 e. The van der Waals surface area contributed by atoms with E-state index in [0.29, 0.717) is 25.5 Å². The molecule has 1 saturated heterocycles. The number of methoxy groups -OCH3 is 1. The molecule has 0 bridgehead atoms. The number of anilines is 1. The zero-order chi connectivity index (χ0) is 24.2. The topological polar surface area (TPSA) is 83.5 Å². The Labute approximate surface area is 184 Å². The van der Waals surface area contributed by atoms with Crippen LogP contribution in [0.3, 0.4) is 0 Å². The summed E-state index contributed by atoms with van der Waals surface area (Å²) in [7, 11) is 1.10. The van der Waals surface area contributed by atoms with Crippen molar-refractivity contribution in [1.29, 1.82) is 0 Å². The number of hydrogen-bond donors (Lipinski definition) is 1. The fourth-order valence-electron chi connectivity index (χ4n) is 3.16. The molecule has 33 heavy (non-hydrogen) atoms. The molecule has 0 unspecified atom stereocenters. The maximum absolute atomic E-state index is 13.1. The quantitative estimate of drug-likeness (QED) is 0.666. The molecular weight excluding hydrogens is 458 g/mol. The molecule has 2 amide bonds. The lowest BCUT2D eigenvalue weighted by Crippen LogP contribution is -2.52. The second-order valence-electron chi connectivity index (χ2n) is 7.12. The molecule has 1 fully saturated rings. The average Bonchev–Trinajstić information content (AvgIpc) is 2.78. The Morgan fingerprint density at radius 1 is 1.00 bits per heavy atom. The summed E-state index contributed by atoms with van der Waals surface area (Å²) in [5.74, 6) is -0.388. The Balaban J connectivity index is 1.48. The van der Waals surface area contributed by atoms with Gasteiger partial charge in [-0.2, -0.15) is 26.3 Å². The second-order valence-corrected chi connectivity index (χ2v) is 7.12. The van der Waals surface area contributed by atoms with E-state index in [4.69, 9.17) is 0 Å². The van der Waals surface area contributed by atoms with Gasteiger partial charge in [0.05, 0.1) is 12.7 Å². The van der Waals surface area contributed by atoms with Crippen molar-refractivity contribution in [2.45, 2.75) is 18.8 Å². The highest BCUT2D eigenvalue weighted by molar-refractivity contribution is 5.74. The van der Waals surface area contributed by atoms with Gasteiger partial charge in [0.1, 0.15) is 5.56 Å². The number of pyridine rings is 1. The van der Waals surface area contributed by atoms with E-state index < -0.39 is 35.4 Å². The number of aromatic nitrogens is 3. The Morgan fingerprint density at radius 3 is 2.18 bits per heavy atom. The van der Waals surface area contributed by atoms with Crippen LogP contribution in [0.5, 0.6) is 5.88 Å². The monoisotopic (exact) mass is 478 g/mol. The molecule has 0 spiro atoms. The summed E-state index contributed by atoms with van der Waals surface area (Å²) in [4.78, 5) is 26.6. The number of carbonyl (C=O) groups is 1. The van der Waals surface area contributed by atoms with Gasteiger partial charge in [-0.05, 0) is 18.1 Å². The third-order valence-corrected chi connectivity index (χ3v) is 4.91. The van der Waals surface area contributed by atoms with Gasteiger partial charge >= 0.3 is 18.4 Å². The molecule has 3 rings (SSSR count). The summed E-state index contributed by atoms with van der Waals surface area (Å²) in [5, 5.41) is 2.64. The molecule has 0 atom stereocenters. The van der Waals surface area contributed by atoms with Crippen LogP contribution in [0.15, 0.2) is 24.7 Å². The van der Waals surface area contributed by atoms with Crippen molar-refractivity contribution in [3.05, 3.63) is 41.3 Å². The predicted octanol–water partition coefficient (Wildman–Crippen LogP) is 2.99. The van der Waals surface area contributed by atoms with Crippen LogP contribution in [0.25, 0.3) is 0 Å². The van der Waals surface area contributed by atoms with Crippen LogP contribution in [0.1, 0.15) is 16.7 Å². The van der Waals surface area contributed by atoms with Gasteiger partial charge in [0.25, 0.3) is 0 Å². The number of piperazine rings is 1. The first-order valence-electron chi connectivity index (χ1n) is 9.76. The predicted molar refractivity (Wildman–Crippen MR) is 104 cm³/mol. The number of carbonyl (C=O) groups excluding carboxylic acids is 1. The number of ether oxygens (including phenoxy) is 1. The van der Waals surface area contributed by atoms with E-state index in [2.05, 4.69) is 25.0 Å². The van der Waals surface area contributed by atoms with E-state index in [0.717, 1.165) is 13.2 Å². The molecule has 8 nitrogen and oxygen atoms in total. The van der Waals surface area contributed by atoms with E-state index in [1.54, 1.807) is 4.90 Å². The molecule has 0 aliphatic carbocycles. The van der Waals surface area contributed by atoms with E-state index in [1.807, 2.05) is 0 Å². The molecule has 2 aromatic rings. The molecule has 180 valence electrons. The van der Waals surface area contributed by atoms with Crippen molar-refractivity contribution in [2.75, 3.05) is 44.7 Å². The Morgan fingerprint density at radius 2 is 1.64 bits per heavy atom. The van der Waals surface area contributed by atoms with Gasteiger partial charge in [-0.25, -0.2) is 19.7 Å². The number of amides is 2. The maximum Gasteiger partial charge on any atom is 0.421 e. The highest BCUT2D eigenvalue weighted by Crippen LogP contribution is 2.35. The first-order valence-corrected chi connectivity index (χ1v) is 9.76. The lowest BCUT2D eigenvalue weighted by molar-refractivity contribution is -0.139. The van der Waals surface area contributed by atoms with Crippen LogP contribution >= 0.6 is 0 Å². The first kappa shape index (κ1) is 24.3. The zero-order valence-electron chi connectivity index (χ0n) is 17.4. The smallest absolute Gasteiger partial charge is 0.421 e. The largest absolute Gasteiger partial charge is 0.481 e. The molecule has 0 radical (unpaired) electrons. The van der Waals surface area contributed by atoms with Gasteiger partial charge in [0.15, 0.2) is 0 Å². The third kappa shape index (κ3) is 6.14. The average molecular weight is 478 g/mol. The van der Waals surface area contributed by atoms with Crippen LogP contribution in [0.2, 0.25) is 0 Å². The van der Waals surface area contributed by atoms with Crippen molar-refractivity contribution < 1.29 is 35.9 Å². The Hall–Kier alpha value is -3.32. The summed E-state index contributed by atoms with van der Waals surface area (Å²) in [5.41, 5.74) is -1.65. The number of halogens is 6. The summed E-state index contributed by atoms with van der Waals surface area (Å²) in [6.07, 6.45) is -6.34. The summed E-state index contributed by atoms with van der Waals surface area (Å²) in [6.45, 7) is 1.27. The fourth-order valence-corrected chi connectivity index (χ4v) is 3.16.